The van der Waals surface area contributed by atoms with Gasteiger partial charge in [-0.2, -0.15) is 5.10 Å². The highest BCUT2D eigenvalue weighted by atomic mass is 16.5. The van der Waals surface area contributed by atoms with Crippen LogP contribution in [-0.2, 0) is 20.0 Å². The van der Waals surface area contributed by atoms with E-state index in [4.69, 9.17) is 9.72 Å². The van der Waals surface area contributed by atoms with E-state index in [-0.39, 0.29) is 5.56 Å². The first-order chi connectivity index (χ1) is 18.2. The first-order valence-electron chi connectivity index (χ1n) is 12.8. The maximum Gasteiger partial charge on any atom is 0.254 e. The topological polar surface area (TPSA) is 78.1 Å². The van der Waals surface area contributed by atoms with Crippen molar-refractivity contribution in [1.29, 1.82) is 0 Å². The van der Waals surface area contributed by atoms with Gasteiger partial charge in [-0.15, -0.1) is 0 Å². The van der Waals surface area contributed by atoms with Crippen molar-refractivity contribution in [2.45, 2.75) is 31.7 Å². The van der Waals surface area contributed by atoms with Crippen LogP contribution in [0.15, 0.2) is 72.3 Å². The minimum Gasteiger partial charge on any atom is -0.492 e. The van der Waals surface area contributed by atoms with Gasteiger partial charge < -0.3 is 14.2 Å². The van der Waals surface area contributed by atoms with E-state index < -0.39 is 0 Å². The summed E-state index contributed by atoms with van der Waals surface area (Å²) in [7, 11) is 1.82. The Kier molecular flexibility index (Phi) is 6.30. The van der Waals surface area contributed by atoms with Crippen LogP contribution in [0.4, 0.5) is 5.82 Å². The highest BCUT2D eigenvalue weighted by Gasteiger charge is 2.22. The van der Waals surface area contributed by atoms with Crippen molar-refractivity contribution in [2.24, 2.45) is 7.05 Å². The molecule has 8 heteroatoms. The number of benzene rings is 1. The van der Waals surface area contributed by atoms with Gasteiger partial charge in [-0.25, -0.2) is 14.6 Å². The second-order valence-electron chi connectivity index (χ2n) is 9.70. The lowest BCUT2D eigenvalue weighted by atomic mass is 9.89. The molecule has 0 radical (unpaired) electrons. The van der Waals surface area contributed by atoms with E-state index in [1.165, 1.54) is 11.9 Å². The maximum atomic E-state index is 12.4. The molecule has 1 saturated heterocycles. The van der Waals surface area contributed by atoms with Crippen molar-refractivity contribution in [2.75, 3.05) is 24.6 Å². The van der Waals surface area contributed by atoms with Gasteiger partial charge in [0.25, 0.3) is 5.56 Å². The quantitative estimate of drug-likeness (QED) is 0.385. The monoisotopic (exact) mass is 494 g/mol. The Morgan fingerprint density at radius 1 is 1.08 bits per heavy atom. The molecular weight excluding hydrogens is 464 g/mol. The molecule has 4 aromatic rings. The summed E-state index contributed by atoms with van der Waals surface area (Å²) < 4.78 is 9.29. The lowest BCUT2D eigenvalue weighted by molar-refractivity contribution is 0.291. The molecule has 0 amide bonds. The molecule has 3 aromatic heterocycles. The van der Waals surface area contributed by atoms with Gasteiger partial charge in [0.05, 0.1) is 6.54 Å². The molecule has 0 spiro atoms. The first-order valence-corrected chi connectivity index (χ1v) is 12.8. The standard InChI is InChI=1S/C29H30N6O2/c1-33-18-27(25-3-2-4-26(25)29(33)36)23-7-10-28(31-17-23)34-13-11-22(12-14-34)21-5-8-24(9-6-21)37-16-15-35-20-30-19-32-35/h2-3,5-10,17-20,22H,4,11-16H2,1H3. The summed E-state index contributed by atoms with van der Waals surface area (Å²) in [6.07, 6.45) is 14.1. The third kappa shape index (κ3) is 4.79. The number of piperidine rings is 1. The van der Waals surface area contributed by atoms with Crippen molar-refractivity contribution in [3.8, 4) is 16.9 Å². The van der Waals surface area contributed by atoms with Gasteiger partial charge in [-0.3, -0.25) is 4.79 Å². The number of aryl methyl sites for hydroxylation is 1. The molecular formula is C29H30N6O2. The molecule has 2 aliphatic rings. The third-order valence-corrected chi connectivity index (χ3v) is 7.41. The Labute approximate surface area is 215 Å². The molecule has 4 heterocycles. The zero-order valence-corrected chi connectivity index (χ0v) is 21.0. The Morgan fingerprint density at radius 3 is 2.65 bits per heavy atom. The summed E-state index contributed by atoms with van der Waals surface area (Å²) in [6.45, 7) is 3.20. The second-order valence-corrected chi connectivity index (χ2v) is 9.70. The normalized spacial score (nSPS) is 15.2. The molecule has 1 aliphatic heterocycles. The average molecular weight is 495 g/mol. The lowest BCUT2D eigenvalue weighted by Crippen LogP contribution is -2.33. The van der Waals surface area contributed by atoms with Gasteiger partial charge in [-0.05, 0) is 60.6 Å². The van der Waals surface area contributed by atoms with E-state index in [0.29, 0.717) is 25.5 Å². The fraction of sp³-hybridized carbons (Fsp3) is 0.310. The van der Waals surface area contributed by atoms with Crippen molar-refractivity contribution >= 4 is 11.9 Å². The summed E-state index contributed by atoms with van der Waals surface area (Å²) in [4.78, 5) is 23.5. The Morgan fingerprint density at radius 2 is 1.92 bits per heavy atom. The fourth-order valence-electron chi connectivity index (χ4n) is 5.34. The predicted octanol–water partition coefficient (Wildman–Crippen LogP) is 4.07. The van der Waals surface area contributed by atoms with Gasteiger partial charge in [0.1, 0.15) is 30.8 Å². The van der Waals surface area contributed by atoms with E-state index in [1.807, 2.05) is 19.4 Å². The van der Waals surface area contributed by atoms with Crippen LogP contribution in [0.5, 0.6) is 5.75 Å². The molecule has 1 aromatic carbocycles. The van der Waals surface area contributed by atoms with Crippen molar-refractivity contribution in [3.05, 3.63) is 94.6 Å². The Balaban J connectivity index is 1.06. The Hall–Kier alpha value is -4.20. The molecule has 0 atom stereocenters. The van der Waals surface area contributed by atoms with Gasteiger partial charge >= 0.3 is 0 Å². The highest BCUT2D eigenvalue weighted by molar-refractivity contribution is 5.78. The summed E-state index contributed by atoms with van der Waals surface area (Å²) in [5, 5.41) is 4.09. The summed E-state index contributed by atoms with van der Waals surface area (Å²) >= 11 is 0. The maximum absolute atomic E-state index is 12.4. The molecule has 1 aliphatic carbocycles. The SMILES string of the molecule is Cn1cc(-c2ccc(N3CCC(c4ccc(OCCn5cncn5)cc4)CC3)nc2)c2c(c1=O)CC=C2. The predicted molar refractivity (Wildman–Crippen MR) is 144 cm³/mol. The van der Waals surface area contributed by atoms with Crippen molar-refractivity contribution < 1.29 is 4.74 Å². The number of hydrogen-bond acceptors (Lipinski definition) is 6. The van der Waals surface area contributed by atoms with Crippen molar-refractivity contribution in [3.63, 3.8) is 0 Å². The molecule has 188 valence electrons. The number of allylic oxidation sites excluding steroid dienone is 1. The number of anilines is 1. The fourth-order valence-corrected chi connectivity index (χ4v) is 5.34. The van der Waals surface area contributed by atoms with E-state index in [1.54, 1.807) is 15.6 Å². The summed E-state index contributed by atoms with van der Waals surface area (Å²) in [6, 6.07) is 12.7. The van der Waals surface area contributed by atoms with Crippen LogP contribution in [-0.4, -0.2) is 44.0 Å². The number of rotatable bonds is 7. The number of pyridine rings is 2. The summed E-state index contributed by atoms with van der Waals surface area (Å²) in [5.41, 5.74) is 5.46. The molecule has 0 saturated carbocycles. The zero-order chi connectivity index (χ0) is 25.2. The molecule has 0 unspecified atom stereocenters. The van der Waals surface area contributed by atoms with Crippen molar-refractivity contribution in [1.82, 2.24) is 24.3 Å². The Bertz CT molecular complexity index is 1450. The zero-order valence-electron chi connectivity index (χ0n) is 21.0. The number of nitrogens with zero attached hydrogens (tertiary/aromatic N) is 6. The molecule has 8 nitrogen and oxygen atoms in total. The van der Waals surface area contributed by atoms with Crippen LogP contribution in [0.25, 0.3) is 17.2 Å². The van der Waals surface area contributed by atoms with E-state index in [0.717, 1.165) is 59.8 Å². The van der Waals surface area contributed by atoms with Crippen LogP contribution in [0.1, 0.15) is 35.4 Å². The van der Waals surface area contributed by atoms with Crippen LogP contribution in [0.3, 0.4) is 0 Å². The van der Waals surface area contributed by atoms with E-state index >= 15 is 0 Å². The minimum absolute atomic E-state index is 0.0847. The van der Waals surface area contributed by atoms with Crippen LogP contribution >= 0.6 is 0 Å². The van der Waals surface area contributed by atoms with Gasteiger partial charge in [0, 0.05) is 49.2 Å². The van der Waals surface area contributed by atoms with Gasteiger partial charge in [0.2, 0.25) is 0 Å². The smallest absolute Gasteiger partial charge is 0.254 e. The molecule has 1 fully saturated rings. The lowest BCUT2D eigenvalue weighted by Gasteiger charge is -2.33. The number of ether oxygens (including phenoxy) is 1. The molecule has 0 bridgehead atoms. The van der Waals surface area contributed by atoms with Crippen LogP contribution < -0.4 is 15.2 Å². The number of fused-ring (bicyclic) bond motifs is 1. The summed E-state index contributed by atoms with van der Waals surface area (Å²) in [5.74, 6) is 2.43. The van der Waals surface area contributed by atoms with Crippen LogP contribution in [0, 0.1) is 0 Å². The molecule has 0 N–H and O–H groups in total. The molecule has 37 heavy (non-hydrogen) atoms. The minimum atomic E-state index is 0.0847. The number of hydrogen-bond donors (Lipinski definition) is 0. The highest BCUT2D eigenvalue weighted by Crippen LogP contribution is 2.33. The van der Waals surface area contributed by atoms with Crippen LogP contribution in [0.2, 0.25) is 0 Å². The second kappa shape index (κ2) is 10.0. The molecule has 6 rings (SSSR count). The van der Waals surface area contributed by atoms with Gasteiger partial charge in [0.15, 0.2) is 0 Å². The van der Waals surface area contributed by atoms with Gasteiger partial charge in [-0.1, -0.05) is 24.3 Å². The van der Waals surface area contributed by atoms with E-state index in [9.17, 15) is 4.79 Å². The number of aromatic nitrogens is 5. The van der Waals surface area contributed by atoms with E-state index in [2.05, 4.69) is 63.5 Å². The largest absolute Gasteiger partial charge is 0.492 e. The third-order valence-electron chi connectivity index (χ3n) is 7.41. The first kappa shape index (κ1) is 23.2. The average Bonchev–Trinajstić information content (AvgIpc) is 3.65.